The number of rotatable bonds is 5. The fraction of sp³-hybridized carbons (Fsp3) is 0.240. The van der Waals surface area contributed by atoms with Crippen LogP contribution in [0.25, 0.3) is 28.2 Å². The number of imidazole rings is 1. The van der Waals surface area contributed by atoms with Crippen molar-refractivity contribution in [1.82, 2.24) is 14.4 Å². The van der Waals surface area contributed by atoms with Crippen LogP contribution in [0.1, 0.15) is 24.8 Å². The van der Waals surface area contributed by atoms with Gasteiger partial charge in [-0.2, -0.15) is 5.26 Å². The minimum Gasteiger partial charge on any atom is -0.494 e. The molecule has 0 amide bonds. The summed E-state index contributed by atoms with van der Waals surface area (Å²) in [5, 5.41) is 12.5. The third-order valence-electron chi connectivity index (χ3n) is 6.14. The van der Waals surface area contributed by atoms with Gasteiger partial charge in [-0.05, 0) is 49.6 Å². The summed E-state index contributed by atoms with van der Waals surface area (Å²) >= 11 is 0. The largest absolute Gasteiger partial charge is 0.494 e. The number of nitrogens with one attached hydrogen (secondary N) is 1. The Morgan fingerprint density at radius 1 is 1.15 bits per heavy atom. The van der Waals surface area contributed by atoms with Crippen molar-refractivity contribution in [1.29, 1.82) is 5.26 Å². The van der Waals surface area contributed by atoms with E-state index in [1.807, 2.05) is 6.07 Å². The van der Waals surface area contributed by atoms with Crippen molar-refractivity contribution in [2.45, 2.75) is 31.3 Å². The third kappa shape index (κ3) is 3.82. The number of hydrogen-bond acceptors (Lipinski definition) is 6. The molecule has 1 aliphatic rings. The van der Waals surface area contributed by atoms with Crippen LogP contribution in [0.4, 0.5) is 14.6 Å². The van der Waals surface area contributed by atoms with Gasteiger partial charge >= 0.3 is 0 Å². The summed E-state index contributed by atoms with van der Waals surface area (Å²) in [6, 6.07) is 11.1. The molecule has 1 fully saturated rings. The third-order valence-corrected chi connectivity index (χ3v) is 6.14. The van der Waals surface area contributed by atoms with E-state index in [9.17, 15) is 8.78 Å². The van der Waals surface area contributed by atoms with Crippen LogP contribution in [0.3, 0.4) is 0 Å². The Morgan fingerprint density at radius 3 is 2.62 bits per heavy atom. The highest BCUT2D eigenvalue weighted by atomic mass is 19.1. The zero-order chi connectivity index (χ0) is 23.8. The van der Waals surface area contributed by atoms with E-state index in [0.717, 1.165) is 19.3 Å². The van der Waals surface area contributed by atoms with Gasteiger partial charge in [0.15, 0.2) is 23.0 Å². The zero-order valence-corrected chi connectivity index (χ0v) is 18.4. The van der Waals surface area contributed by atoms with Crippen LogP contribution in [-0.4, -0.2) is 33.6 Å². The van der Waals surface area contributed by atoms with Crippen molar-refractivity contribution >= 4 is 11.5 Å². The summed E-state index contributed by atoms with van der Waals surface area (Å²) < 4.78 is 36.0. The molecule has 0 unspecified atom stereocenters. The first-order valence-electron chi connectivity index (χ1n) is 10.9. The number of hydrogen-bond donors (Lipinski definition) is 2. The Hall–Kier alpha value is -4.03. The lowest BCUT2D eigenvalue weighted by atomic mass is 10.0. The van der Waals surface area contributed by atoms with Crippen LogP contribution in [0.15, 0.2) is 48.8 Å². The van der Waals surface area contributed by atoms with Gasteiger partial charge in [-0.15, -0.1) is 0 Å². The molecule has 172 valence electrons. The quantitative estimate of drug-likeness (QED) is 0.454. The summed E-state index contributed by atoms with van der Waals surface area (Å²) in [7, 11) is 1.40. The van der Waals surface area contributed by atoms with Crippen molar-refractivity contribution in [3.05, 3.63) is 66.0 Å². The monoisotopic (exact) mass is 460 g/mol. The van der Waals surface area contributed by atoms with Crippen molar-refractivity contribution in [2.75, 3.05) is 12.4 Å². The predicted molar refractivity (Wildman–Crippen MR) is 124 cm³/mol. The number of anilines is 1. The maximum atomic E-state index is 14.6. The van der Waals surface area contributed by atoms with E-state index in [1.54, 1.807) is 28.9 Å². The first kappa shape index (κ1) is 21.8. The number of methoxy groups -OCH3 is 1. The van der Waals surface area contributed by atoms with E-state index in [1.165, 1.54) is 31.4 Å². The van der Waals surface area contributed by atoms with Crippen molar-refractivity contribution in [2.24, 2.45) is 5.73 Å². The Labute approximate surface area is 194 Å². The Bertz CT molecular complexity index is 1430. The Balaban J connectivity index is 1.71. The first-order chi connectivity index (χ1) is 16.5. The van der Waals surface area contributed by atoms with Gasteiger partial charge in [-0.25, -0.2) is 18.7 Å². The predicted octanol–water partition coefficient (Wildman–Crippen LogP) is 4.51. The SMILES string of the molecule is COc1ccc(-c2c(-c3ccc(C#N)c(F)c3)nc3c(N[C@@H]4CC[C@@H](N)C4)nccn23)cc1F. The van der Waals surface area contributed by atoms with Gasteiger partial charge in [0.1, 0.15) is 11.9 Å². The van der Waals surface area contributed by atoms with Crippen LogP contribution < -0.4 is 15.8 Å². The maximum absolute atomic E-state index is 14.6. The van der Waals surface area contributed by atoms with Crippen molar-refractivity contribution in [3.63, 3.8) is 0 Å². The number of fused-ring (bicyclic) bond motifs is 1. The van der Waals surface area contributed by atoms with Crippen LogP contribution in [0.5, 0.6) is 5.75 Å². The molecule has 0 saturated heterocycles. The van der Waals surface area contributed by atoms with Crippen LogP contribution >= 0.6 is 0 Å². The molecule has 2 aromatic carbocycles. The first-order valence-corrected chi connectivity index (χ1v) is 10.9. The summed E-state index contributed by atoms with van der Waals surface area (Å²) in [6.45, 7) is 0. The van der Waals surface area contributed by atoms with Crippen LogP contribution in [0.2, 0.25) is 0 Å². The number of nitrogens with zero attached hydrogens (tertiary/aromatic N) is 4. The van der Waals surface area contributed by atoms with Gasteiger partial charge in [-0.3, -0.25) is 4.40 Å². The lowest BCUT2D eigenvalue weighted by Gasteiger charge is -2.13. The summed E-state index contributed by atoms with van der Waals surface area (Å²) in [4.78, 5) is 9.27. The molecule has 2 heterocycles. The van der Waals surface area contributed by atoms with E-state index < -0.39 is 11.6 Å². The van der Waals surface area contributed by atoms with Gasteiger partial charge in [0.05, 0.1) is 24.1 Å². The molecule has 3 N–H and O–H groups in total. The highest BCUT2D eigenvalue weighted by Crippen LogP contribution is 2.36. The van der Waals surface area contributed by atoms with Gasteiger partial charge in [-0.1, -0.05) is 6.07 Å². The standard InChI is InChI=1S/C25H22F2N6O/c1-34-21-7-4-15(11-20(21)27)23-22(14-2-3-16(13-28)19(26)10-14)32-25-24(30-8-9-33(23)25)31-18-6-5-17(29)12-18/h2-4,7-11,17-18H,5-6,12,29H2,1H3,(H,30,31)/t17-,18-/m1/s1. The van der Waals surface area contributed by atoms with Gasteiger partial charge in [0.25, 0.3) is 0 Å². The molecule has 2 aromatic heterocycles. The molecule has 5 rings (SSSR count). The molecule has 1 aliphatic carbocycles. The molecular weight excluding hydrogens is 438 g/mol. The number of benzene rings is 2. The molecule has 2 atom stereocenters. The molecule has 1 saturated carbocycles. The van der Waals surface area contributed by atoms with Gasteiger partial charge in [0.2, 0.25) is 0 Å². The molecule has 0 radical (unpaired) electrons. The summed E-state index contributed by atoms with van der Waals surface area (Å²) in [6.07, 6.45) is 6.05. The number of ether oxygens (including phenoxy) is 1. The number of nitrogens with two attached hydrogens (primary N) is 1. The highest BCUT2D eigenvalue weighted by Gasteiger charge is 2.25. The lowest BCUT2D eigenvalue weighted by molar-refractivity contribution is 0.386. The number of nitriles is 1. The van der Waals surface area contributed by atoms with E-state index in [0.29, 0.717) is 34.0 Å². The van der Waals surface area contributed by atoms with E-state index in [-0.39, 0.29) is 23.4 Å². The van der Waals surface area contributed by atoms with E-state index in [2.05, 4.69) is 10.3 Å². The maximum Gasteiger partial charge on any atom is 0.181 e. The number of aromatic nitrogens is 3. The molecular formula is C25H22F2N6O. The Morgan fingerprint density at radius 2 is 1.94 bits per heavy atom. The second kappa shape index (κ2) is 8.72. The Kier molecular flexibility index (Phi) is 5.59. The molecule has 0 aliphatic heterocycles. The molecule has 9 heteroatoms. The summed E-state index contributed by atoms with van der Waals surface area (Å²) in [5.74, 6) is -0.498. The molecule has 0 bridgehead atoms. The van der Waals surface area contributed by atoms with Gasteiger partial charge < -0.3 is 15.8 Å². The second-order valence-corrected chi connectivity index (χ2v) is 8.35. The van der Waals surface area contributed by atoms with Crippen LogP contribution in [-0.2, 0) is 0 Å². The highest BCUT2D eigenvalue weighted by molar-refractivity contribution is 5.85. The fourth-order valence-corrected chi connectivity index (χ4v) is 4.46. The average Bonchev–Trinajstić information content (AvgIpc) is 3.43. The minimum absolute atomic E-state index is 0.0637. The molecule has 34 heavy (non-hydrogen) atoms. The zero-order valence-electron chi connectivity index (χ0n) is 18.4. The van der Waals surface area contributed by atoms with Crippen molar-refractivity contribution < 1.29 is 13.5 Å². The fourth-order valence-electron chi connectivity index (χ4n) is 4.46. The second-order valence-electron chi connectivity index (χ2n) is 8.35. The molecule has 7 nitrogen and oxygen atoms in total. The lowest BCUT2D eigenvalue weighted by Crippen LogP contribution is -2.21. The van der Waals surface area contributed by atoms with Gasteiger partial charge in [0, 0.05) is 35.6 Å². The van der Waals surface area contributed by atoms with Crippen molar-refractivity contribution in [3.8, 4) is 34.3 Å². The van der Waals surface area contributed by atoms with E-state index >= 15 is 0 Å². The summed E-state index contributed by atoms with van der Waals surface area (Å²) in [5.41, 5.74) is 8.51. The van der Waals surface area contributed by atoms with E-state index in [4.69, 9.17) is 20.7 Å². The minimum atomic E-state index is -0.652. The topological polar surface area (TPSA) is 101 Å². The smallest absolute Gasteiger partial charge is 0.181 e. The van der Waals surface area contributed by atoms with Crippen LogP contribution in [0, 0.1) is 23.0 Å². The molecule has 4 aromatic rings. The molecule has 0 spiro atoms. The normalized spacial score (nSPS) is 17.6. The number of halogens is 2. The average molecular weight is 460 g/mol.